The van der Waals surface area contributed by atoms with Gasteiger partial charge in [-0.3, -0.25) is 31.1 Å². The predicted octanol–water partition coefficient (Wildman–Crippen LogP) is 3.39. The number of carbonyl (C=O) groups is 1. The smallest absolute Gasteiger partial charge is 0.269 e. The summed E-state index contributed by atoms with van der Waals surface area (Å²) in [6.07, 6.45) is 0. The van der Waals surface area contributed by atoms with E-state index in [1.165, 1.54) is 24.3 Å². The van der Waals surface area contributed by atoms with Crippen LogP contribution in [0.4, 0.5) is 11.4 Å². The molecular weight excluding hydrogens is 424 g/mol. The number of thiocarbonyl (C=S) groups is 1. The summed E-state index contributed by atoms with van der Waals surface area (Å²) in [5.41, 5.74) is 6.32. The Kier molecular flexibility index (Phi) is 6.87. The molecule has 0 saturated heterocycles. The molecule has 2 aromatic carbocycles. The van der Waals surface area contributed by atoms with Crippen molar-refractivity contribution in [1.82, 2.24) is 10.7 Å². The standard InChI is InChI=1S/C16H15BrN4O4S/c1-2-25-14-8-3-10(9-13(14)17)15(22)18-16(26)20-19-11-4-6-12(7-5-11)21(23)24/h3-9,19H,2H2,1H3,(H2,18,20,22,26). The third-order valence-corrected chi connectivity index (χ3v) is 3.94. The van der Waals surface area contributed by atoms with E-state index in [0.29, 0.717) is 28.1 Å². The zero-order valence-corrected chi connectivity index (χ0v) is 16.0. The van der Waals surface area contributed by atoms with Crippen molar-refractivity contribution in [2.45, 2.75) is 6.92 Å². The van der Waals surface area contributed by atoms with Gasteiger partial charge in [-0.25, -0.2) is 0 Å². The van der Waals surface area contributed by atoms with Crippen LogP contribution in [0, 0.1) is 10.1 Å². The molecule has 0 aliphatic carbocycles. The average molecular weight is 439 g/mol. The molecule has 0 heterocycles. The molecular formula is C16H15BrN4O4S. The van der Waals surface area contributed by atoms with Crippen LogP contribution in [0.25, 0.3) is 0 Å². The van der Waals surface area contributed by atoms with Crippen LogP contribution in [0.15, 0.2) is 46.9 Å². The number of benzene rings is 2. The van der Waals surface area contributed by atoms with Gasteiger partial charge in [0.05, 0.1) is 21.7 Å². The van der Waals surface area contributed by atoms with Gasteiger partial charge in [-0.1, -0.05) is 0 Å². The molecule has 136 valence electrons. The molecule has 0 bridgehead atoms. The van der Waals surface area contributed by atoms with Crippen molar-refractivity contribution in [3.63, 3.8) is 0 Å². The van der Waals surface area contributed by atoms with Crippen molar-refractivity contribution in [3.05, 3.63) is 62.6 Å². The average Bonchev–Trinajstić information content (AvgIpc) is 2.62. The van der Waals surface area contributed by atoms with E-state index < -0.39 is 10.8 Å². The fraction of sp³-hybridized carbons (Fsp3) is 0.125. The fourth-order valence-electron chi connectivity index (χ4n) is 1.92. The van der Waals surface area contributed by atoms with Gasteiger partial charge in [-0.2, -0.15) is 0 Å². The van der Waals surface area contributed by atoms with E-state index in [-0.39, 0.29) is 10.8 Å². The van der Waals surface area contributed by atoms with Crippen molar-refractivity contribution in [2.75, 3.05) is 12.0 Å². The molecule has 0 unspecified atom stereocenters. The number of rotatable bonds is 6. The molecule has 2 rings (SSSR count). The monoisotopic (exact) mass is 438 g/mol. The van der Waals surface area contributed by atoms with Crippen molar-refractivity contribution in [2.24, 2.45) is 0 Å². The van der Waals surface area contributed by atoms with Crippen LogP contribution in [0.2, 0.25) is 0 Å². The topological polar surface area (TPSA) is 106 Å². The minimum Gasteiger partial charge on any atom is -0.493 e. The van der Waals surface area contributed by atoms with Crippen LogP contribution in [-0.2, 0) is 0 Å². The molecule has 0 aliphatic rings. The molecule has 10 heteroatoms. The summed E-state index contributed by atoms with van der Waals surface area (Å²) in [6, 6.07) is 10.7. The second-order valence-corrected chi connectivity index (χ2v) is 6.18. The lowest BCUT2D eigenvalue weighted by atomic mass is 10.2. The normalized spacial score (nSPS) is 9.92. The first-order chi connectivity index (χ1) is 12.4. The third kappa shape index (κ3) is 5.39. The zero-order chi connectivity index (χ0) is 19.1. The summed E-state index contributed by atoms with van der Waals surface area (Å²) in [7, 11) is 0. The molecule has 0 atom stereocenters. The highest BCUT2D eigenvalue weighted by Gasteiger charge is 2.11. The highest BCUT2D eigenvalue weighted by molar-refractivity contribution is 9.10. The maximum Gasteiger partial charge on any atom is 0.269 e. The number of amides is 1. The lowest BCUT2D eigenvalue weighted by Gasteiger charge is -2.12. The Balaban J connectivity index is 1.89. The number of nitro benzene ring substituents is 1. The number of ether oxygens (including phenoxy) is 1. The van der Waals surface area contributed by atoms with Gasteiger partial charge in [0, 0.05) is 17.7 Å². The Bertz CT molecular complexity index is 829. The van der Waals surface area contributed by atoms with Gasteiger partial charge in [-0.15, -0.1) is 0 Å². The van der Waals surface area contributed by atoms with Crippen LogP contribution in [0.5, 0.6) is 5.75 Å². The number of nitrogens with one attached hydrogen (secondary N) is 3. The molecule has 0 fully saturated rings. The summed E-state index contributed by atoms with van der Waals surface area (Å²) in [4.78, 5) is 22.3. The van der Waals surface area contributed by atoms with Crippen LogP contribution in [0.3, 0.4) is 0 Å². The van der Waals surface area contributed by atoms with Crippen molar-refractivity contribution >= 4 is 50.5 Å². The Morgan fingerprint density at radius 2 is 1.96 bits per heavy atom. The molecule has 1 amide bonds. The van der Waals surface area contributed by atoms with Crippen LogP contribution in [-0.4, -0.2) is 22.5 Å². The number of nitrogens with zero attached hydrogens (tertiary/aromatic N) is 1. The van der Waals surface area contributed by atoms with Crippen molar-refractivity contribution in [3.8, 4) is 5.75 Å². The van der Waals surface area contributed by atoms with Gasteiger partial charge in [0.25, 0.3) is 11.6 Å². The first-order valence-corrected chi connectivity index (χ1v) is 8.65. The van der Waals surface area contributed by atoms with Crippen LogP contribution in [0.1, 0.15) is 17.3 Å². The van der Waals surface area contributed by atoms with E-state index in [2.05, 4.69) is 32.1 Å². The highest BCUT2D eigenvalue weighted by Crippen LogP contribution is 2.25. The third-order valence-electron chi connectivity index (χ3n) is 3.12. The number of carbonyl (C=O) groups excluding carboxylic acids is 1. The molecule has 3 N–H and O–H groups in total. The second kappa shape index (κ2) is 9.11. The second-order valence-electron chi connectivity index (χ2n) is 4.92. The van der Waals surface area contributed by atoms with Crippen molar-refractivity contribution in [1.29, 1.82) is 0 Å². The minimum atomic E-state index is -0.489. The van der Waals surface area contributed by atoms with E-state index in [9.17, 15) is 14.9 Å². The summed E-state index contributed by atoms with van der Waals surface area (Å²) in [5, 5.41) is 13.2. The Labute approximate surface area is 163 Å². The first-order valence-electron chi connectivity index (χ1n) is 7.45. The largest absolute Gasteiger partial charge is 0.493 e. The lowest BCUT2D eigenvalue weighted by Crippen LogP contribution is -2.41. The quantitative estimate of drug-likeness (QED) is 0.360. The highest BCUT2D eigenvalue weighted by atomic mass is 79.9. The van der Waals surface area contributed by atoms with Gasteiger partial charge >= 0.3 is 0 Å². The van der Waals surface area contributed by atoms with Gasteiger partial charge in [-0.05, 0) is 65.4 Å². The maximum atomic E-state index is 12.2. The SMILES string of the molecule is CCOc1ccc(C(=O)NC(=S)NNc2ccc([N+](=O)[O-])cc2)cc1Br. The molecule has 0 aliphatic heterocycles. The number of anilines is 1. The molecule has 0 aromatic heterocycles. The molecule has 8 nitrogen and oxygen atoms in total. The maximum absolute atomic E-state index is 12.2. The predicted molar refractivity (Wildman–Crippen MR) is 105 cm³/mol. The lowest BCUT2D eigenvalue weighted by molar-refractivity contribution is -0.384. The Morgan fingerprint density at radius 3 is 2.54 bits per heavy atom. The number of hydrazine groups is 1. The van der Waals surface area contributed by atoms with Gasteiger partial charge < -0.3 is 4.74 Å². The molecule has 26 heavy (non-hydrogen) atoms. The fourth-order valence-corrected chi connectivity index (χ4v) is 2.55. The van der Waals surface area contributed by atoms with E-state index in [0.717, 1.165) is 0 Å². The molecule has 0 saturated carbocycles. The van der Waals surface area contributed by atoms with E-state index >= 15 is 0 Å². The Morgan fingerprint density at radius 1 is 1.27 bits per heavy atom. The summed E-state index contributed by atoms with van der Waals surface area (Å²) >= 11 is 8.39. The number of hydrogen-bond acceptors (Lipinski definition) is 6. The molecule has 2 aromatic rings. The van der Waals surface area contributed by atoms with Gasteiger partial charge in [0.15, 0.2) is 5.11 Å². The van der Waals surface area contributed by atoms with Crippen molar-refractivity contribution < 1.29 is 14.5 Å². The summed E-state index contributed by atoms with van der Waals surface area (Å²) in [5.74, 6) is 0.251. The summed E-state index contributed by atoms with van der Waals surface area (Å²) in [6.45, 7) is 2.39. The van der Waals surface area contributed by atoms with E-state index in [4.69, 9.17) is 17.0 Å². The van der Waals surface area contributed by atoms with Crippen LogP contribution < -0.4 is 20.9 Å². The summed E-state index contributed by atoms with van der Waals surface area (Å²) < 4.78 is 6.06. The Hall–Kier alpha value is -2.72. The number of non-ortho nitro benzene ring substituents is 1. The van der Waals surface area contributed by atoms with E-state index in [1.54, 1.807) is 18.2 Å². The van der Waals surface area contributed by atoms with Gasteiger partial charge in [0.1, 0.15) is 5.75 Å². The molecule has 0 spiro atoms. The molecule has 0 radical (unpaired) electrons. The van der Waals surface area contributed by atoms with Crippen LogP contribution >= 0.6 is 28.1 Å². The number of hydrogen-bond donors (Lipinski definition) is 3. The zero-order valence-electron chi connectivity index (χ0n) is 13.6. The first kappa shape index (κ1) is 19.6. The minimum absolute atomic E-state index is 0.0208. The number of halogens is 1. The van der Waals surface area contributed by atoms with Gasteiger partial charge in [0.2, 0.25) is 0 Å². The number of nitro groups is 1. The van der Waals surface area contributed by atoms with E-state index in [1.807, 2.05) is 6.92 Å².